The highest BCUT2D eigenvalue weighted by Gasteiger charge is 2.46. The van der Waals surface area contributed by atoms with Gasteiger partial charge < -0.3 is 24.2 Å². The molecule has 2 fully saturated rings. The van der Waals surface area contributed by atoms with E-state index in [2.05, 4.69) is 11.8 Å². The maximum atomic E-state index is 13.3. The molecule has 2 aliphatic heterocycles. The van der Waals surface area contributed by atoms with Crippen LogP contribution in [0.5, 0.6) is 11.5 Å². The van der Waals surface area contributed by atoms with Crippen molar-refractivity contribution < 1.29 is 28.9 Å². The van der Waals surface area contributed by atoms with Gasteiger partial charge in [-0.15, -0.1) is 0 Å². The van der Waals surface area contributed by atoms with E-state index in [-0.39, 0.29) is 11.3 Å². The average molecular weight is 523 g/mol. The Labute approximate surface area is 224 Å². The molecule has 0 bridgehead atoms. The number of carbonyl (C=O) groups is 2. The number of nitrogens with zero attached hydrogens (tertiary/aromatic N) is 2. The van der Waals surface area contributed by atoms with Crippen molar-refractivity contribution >= 4 is 17.4 Å². The number of aliphatic hydroxyl groups excluding tert-OH is 1. The van der Waals surface area contributed by atoms with Crippen LogP contribution in [0.4, 0.5) is 0 Å². The summed E-state index contributed by atoms with van der Waals surface area (Å²) in [5.41, 5.74) is 1.31. The van der Waals surface area contributed by atoms with Gasteiger partial charge in [-0.3, -0.25) is 14.5 Å². The Morgan fingerprint density at radius 1 is 0.895 bits per heavy atom. The van der Waals surface area contributed by atoms with Crippen LogP contribution < -0.4 is 9.47 Å². The lowest BCUT2D eigenvalue weighted by molar-refractivity contribution is -0.140. The van der Waals surface area contributed by atoms with Crippen LogP contribution >= 0.6 is 0 Å². The maximum Gasteiger partial charge on any atom is 0.295 e. The molecule has 8 nitrogen and oxygen atoms in total. The lowest BCUT2D eigenvalue weighted by Crippen LogP contribution is -2.42. The number of unbranched alkanes of at least 4 members (excludes halogenated alkanes) is 1. The second kappa shape index (κ2) is 13.4. The monoisotopic (exact) mass is 522 g/mol. The molecule has 4 rings (SSSR count). The van der Waals surface area contributed by atoms with Gasteiger partial charge in [0.25, 0.3) is 11.7 Å². The Morgan fingerprint density at radius 3 is 2.16 bits per heavy atom. The Bertz CT molecular complexity index is 1110. The number of carbonyl (C=O) groups excluding carboxylic acids is 2. The quantitative estimate of drug-likeness (QED) is 0.191. The Morgan fingerprint density at radius 2 is 1.53 bits per heavy atom. The molecule has 0 aliphatic carbocycles. The molecule has 1 atom stereocenters. The van der Waals surface area contributed by atoms with Gasteiger partial charge in [0.05, 0.1) is 38.0 Å². The van der Waals surface area contributed by atoms with Crippen LogP contribution in [0.1, 0.15) is 50.3 Å². The molecule has 8 heteroatoms. The first-order valence-corrected chi connectivity index (χ1v) is 13.6. The highest BCUT2D eigenvalue weighted by atomic mass is 16.5. The normalized spacial score (nSPS) is 19.6. The fourth-order valence-electron chi connectivity index (χ4n) is 4.70. The molecule has 38 heavy (non-hydrogen) atoms. The lowest BCUT2D eigenvalue weighted by Gasteiger charge is -2.31. The fourth-order valence-corrected chi connectivity index (χ4v) is 4.70. The van der Waals surface area contributed by atoms with Gasteiger partial charge in [-0.25, -0.2) is 0 Å². The van der Waals surface area contributed by atoms with Crippen molar-refractivity contribution in [2.24, 2.45) is 0 Å². The largest absolute Gasteiger partial charge is 0.507 e. The van der Waals surface area contributed by atoms with Gasteiger partial charge in [-0.05, 0) is 54.8 Å². The van der Waals surface area contributed by atoms with Crippen molar-refractivity contribution in [1.29, 1.82) is 0 Å². The van der Waals surface area contributed by atoms with Crippen LogP contribution in [0, 0.1) is 0 Å². The number of morpholine rings is 1. The van der Waals surface area contributed by atoms with Crippen molar-refractivity contribution in [2.45, 2.75) is 39.2 Å². The molecule has 0 radical (unpaired) electrons. The van der Waals surface area contributed by atoms with E-state index >= 15 is 0 Å². The minimum atomic E-state index is -0.697. The van der Waals surface area contributed by atoms with Crippen LogP contribution in [0.2, 0.25) is 0 Å². The summed E-state index contributed by atoms with van der Waals surface area (Å²) < 4.78 is 16.9. The molecule has 0 saturated carbocycles. The molecule has 2 aromatic rings. The summed E-state index contributed by atoms with van der Waals surface area (Å²) in [7, 11) is 0. The number of hydrogen-bond donors (Lipinski definition) is 1. The Kier molecular flexibility index (Phi) is 9.79. The van der Waals surface area contributed by atoms with Crippen LogP contribution in [-0.4, -0.2) is 79.2 Å². The highest BCUT2D eigenvalue weighted by molar-refractivity contribution is 6.46. The van der Waals surface area contributed by atoms with E-state index in [9.17, 15) is 14.7 Å². The Balaban J connectivity index is 1.65. The van der Waals surface area contributed by atoms with Crippen molar-refractivity contribution in [3.05, 3.63) is 65.2 Å². The molecule has 2 aromatic carbocycles. The van der Waals surface area contributed by atoms with Crippen LogP contribution in [-0.2, 0) is 14.3 Å². The minimum Gasteiger partial charge on any atom is -0.507 e. The SMILES string of the molecule is CCCCOc1ccc(C2C(=C(O)c3ccc(OCCC)cc3)C(=O)C(=O)N2CCN2CCOCC2)cc1. The zero-order valence-electron chi connectivity index (χ0n) is 22.4. The first kappa shape index (κ1) is 27.7. The third-order valence-electron chi connectivity index (χ3n) is 6.86. The molecule has 2 saturated heterocycles. The minimum absolute atomic E-state index is 0.0962. The second-order valence-corrected chi connectivity index (χ2v) is 9.59. The smallest absolute Gasteiger partial charge is 0.295 e. The average Bonchev–Trinajstić information content (AvgIpc) is 3.21. The van der Waals surface area contributed by atoms with E-state index in [4.69, 9.17) is 14.2 Å². The molecule has 1 unspecified atom stereocenters. The molecular formula is C30H38N2O6. The zero-order chi connectivity index (χ0) is 26.9. The number of ketones is 1. The predicted octanol–water partition coefficient (Wildman–Crippen LogP) is 4.41. The van der Waals surface area contributed by atoms with Crippen molar-refractivity contribution in [2.75, 3.05) is 52.6 Å². The van der Waals surface area contributed by atoms with Crippen LogP contribution in [0.15, 0.2) is 54.1 Å². The van der Waals surface area contributed by atoms with Gasteiger partial charge in [0, 0.05) is 31.7 Å². The molecule has 0 aromatic heterocycles. The first-order chi connectivity index (χ1) is 18.5. The van der Waals surface area contributed by atoms with Crippen molar-refractivity contribution in [3.8, 4) is 11.5 Å². The topological polar surface area (TPSA) is 88.5 Å². The summed E-state index contributed by atoms with van der Waals surface area (Å²) >= 11 is 0. The third kappa shape index (κ3) is 6.55. The molecule has 204 valence electrons. The number of benzene rings is 2. The molecule has 1 N–H and O–H groups in total. The predicted molar refractivity (Wildman–Crippen MR) is 145 cm³/mol. The molecule has 2 heterocycles. The lowest BCUT2D eigenvalue weighted by atomic mass is 9.95. The van der Waals surface area contributed by atoms with Gasteiger partial charge in [-0.1, -0.05) is 32.4 Å². The number of rotatable bonds is 12. The fraction of sp³-hybridized carbons (Fsp3) is 0.467. The third-order valence-corrected chi connectivity index (χ3v) is 6.86. The van der Waals surface area contributed by atoms with E-state index in [1.807, 2.05) is 31.2 Å². The van der Waals surface area contributed by atoms with Gasteiger partial charge >= 0.3 is 0 Å². The summed E-state index contributed by atoms with van der Waals surface area (Å²) in [6.07, 6.45) is 2.89. The first-order valence-electron chi connectivity index (χ1n) is 13.6. The van der Waals surface area contributed by atoms with E-state index in [0.717, 1.165) is 43.7 Å². The van der Waals surface area contributed by atoms with Crippen molar-refractivity contribution in [1.82, 2.24) is 9.80 Å². The highest BCUT2D eigenvalue weighted by Crippen LogP contribution is 2.40. The van der Waals surface area contributed by atoms with E-state index in [1.165, 1.54) is 0 Å². The molecule has 2 aliphatic rings. The van der Waals surface area contributed by atoms with Gasteiger partial charge in [0.2, 0.25) is 0 Å². The number of Topliss-reactive ketones (excluding diaryl/α,β-unsaturated/α-hetero) is 1. The van der Waals surface area contributed by atoms with Crippen LogP contribution in [0.3, 0.4) is 0 Å². The van der Waals surface area contributed by atoms with E-state index in [0.29, 0.717) is 50.8 Å². The van der Waals surface area contributed by atoms with E-state index < -0.39 is 17.7 Å². The van der Waals surface area contributed by atoms with Gasteiger partial charge in [0.15, 0.2) is 0 Å². The van der Waals surface area contributed by atoms with E-state index in [1.54, 1.807) is 29.2 Å². The summed E-state index contributed by atoms with van der Waals surface area (Å²) in [5, 5.41) is 11.3. The van der Waals surface area contributed by atoms with Gasteiger partial charge in [-0.2, -0.15) is 0 Å². The maximum absolute atomic E-state index is 13.3. The number of likely N-dealkylation sites (tertiary alicyclic amines) is 1. The van der Waals surface area contributed by atoms with Gasteiger partial charge in [0.1, 0.15) is 17.3 Å². The standard InChI is InChI=1S/C30H38N2O6/c1-3-5-19-38-25-10-6-22(7-11-25)27-26(28(33)23-8-12-24(13-9-23)37-18-4-2)29(34)30(35)32(27)15-14-31-16-20-36-21-17-31/h6-13,27,33H,3-5,14-21H2,1-2H3. The Hall–Kier alpha value is -3.36. The molecular weight excluding hydrogens is 484 g/mol. The number of hydrogen-bond acceptors (Lipinski definition) is 7. The zero-order valence-corrected chi connectivity index (χ0v) is 22.4. The number of aliphatic hydroxyl groups is 1. The van der Waals surface area contributed by atoms with Crippen molar-refractivity contribution in [3.63, 3.8) is 0 Å². The summed E-state index contributed by atoms with van der Waals surface area (Å²) in [4.78, 5) is 30.4. The molecule has 1 amide bonds. The second-order valence-electron chi connectivity index (χ2n) is 9.59. The summed E-state index contributed by atoms with van der Waals surface area (Å²) in [6.45, 7) is 9.22. The summed E-state index contributed by atoms with van der Waals surface area (Å²) in [5.74, 6) is -0.0488. The summed E-state index contributed by atoms with van der Waals surface area (Å²) in [6, 6.07) is 13.7. The number of amides is 1. The van der Waals surface area contributed by atoms with Crippen LogP contribution in [0.25, 0.3) is 5.76 Å². The molecule has 0 spiro atoms. The number of ether oxygens (including phenoxy) is 3.